The van der Waals surface area contributed by atoms with Crippen molar-refractivity contribution in [3.8, 4) is 0 Å². The Bertz CT molecular complexity index is 279. The van der Waals surface area contributed by atoms with Gasteiger partial charge in [-0.3, -0.25) is 9.89 Å². The monoisotopic (exact) mass is 169 g/mol. The molecule has 4 N–H and O–H groups in total. The van der Waals surface area contributed by atoms with Crippen LogP contribution in [0.4, 0.5) is 5.95 Å². The van der Waals surface area contributed by atoms with Crippen molar-refractivity contribution in [3.05, 3.63) is 5.82 Å². The van der Waals surface area contributed by atoms with Crippen LogP contribution >= 0.6 is 0 Å². The predicted molar refractivity (Wildman–Crippen MR) is 43.4 cm³/mol. The van der Waals surface area contributed by atoms with E-state index in [0.29, 0.717) is 0 Å². The molecule has 12 heavy (non-hydrogen) atoms. The number of nitrogen functional groups attached to an aromatic ring is 1. The Morgan fingerprint density at radius 3 is 2.75 bits per heavy atom. The fraction of sp³-hybridized carbons (Fsp3) is 0.500. The summed E-state index contributed by atoms with van der Waals surface area (Å²) in [6.45, 7) is 3.72. The molecule has 0 saturated carbocycles. The van der Waals surface area contributed by atoms with E-state index in [-0.39, 0.29) is 23.7 Å². The SMILES string of the molecule is CC(C)NC(=O)c1nc(N)n[nH]1. The van der Waals surface area contributed by atoms with E-state index in [2.05, 4.69) is 20.5 Å². The third-order valence-corrected chi connectivity index (χ3v) is 1.14. The number of hydrogen-bond donors (Lipinski definition) is 3. The number of carbonyl (C=O) groups excluding carboxylic acids is 1. The summed E-state index contributed by atoms with van der Waals surface area (Å²) in [5, 5.41) is 8.58. The molecule has 0 aliphatic carbocycles. The standard InChI is InChI=1S/C6H11N5O/c1-3(2)8-5(12)4-9-6(7)11-10-4/h3H,1-2H3,(H,8,12)(H3,7,9,10,11). The lowest BCUT2D eigenvalue weighted by atomic mass is 10.4. The fourth-order valence-corrected chi connectivity index (χ4v) is 0.707. The Hall–Kier alpha value is -1.59. The van der Waals surface area contributed by atoms with Crippen molar-refractivity contribution in [1.29, 1.82) is 0 Å². The molecule has 0 aliphatic rings. The molecule has 0 unspecified atom stereocenters. The zero-order valence-corrected chi connectivity index (χ0v) is 6.96. The minimum Gasteiger partial charge on any atom is -0.366 e. The molecule has 66 valence electrons. The van der Waals surface area contributed by atoms with E-state index < -0.39 is 0 Å². The van der Waals surface area contributed by atoms with Crippen LogP contribution in [0.25, 0.3) is 0 Å². The Labute approximate surface area is 69.6 Å². The summed E-state index contributed by atoms with van der Waals surface area (Å²) in [6, 6.07) is 0.0730. The van der Waals surface area contributed by atoms with Gasteiger partial charge in [-0.1, -0.05) is 0 Å². The Morgan fingerprint density at radius 2 is 2.33 bits per heavy atom. The summed E-state index contributed by atoms with van der Waals surface area (Å²) in [5.41, 5.74) is 5.21. The molecule has 0 spiro atoms. The number of aromatic nitrogens is 3. The van der Waals surface area contributed by atoms with Crippen LogP contribution in [0.5, 0.6) is 0 Å². The lowest BCUT2D eigenvalue weighted by molar-refractivity contribution is 0.0933. The summed E-state index contributed by atoms with van der Waals surface area (Å²) in [4.78, 5) is 14.8. The van der Waals surface area contributed by atoms with Crippen LogP contribution in [0.2, 0.25) is 0 Å². The number of rotatable bonds is 2. The summed E-state index contributed by atoms with van der Waals surface area (Å²) >= 11 is 0. The van der Waals surface area contributed by atoms with E-state index in [1.54, 1.807) is 0 Å². The Balaban J connectivity index is 2.65. The third-order valence-electron chi connectivity index (χ3n) is 1.14. The van der Waals surface area contributed by atoms with E-state index in [0.717, 1.165) is 0 Å². The summed E-state index contributed by atoms with van der Waals surface area (Å²) in [7, 11) is 0. The lowest BCUT2D eigenvalue weighted by Crippen LogP contribution is -2.30. The van der Waals surface area contributed by atoms with Gasteiger partial charge in [0.2, 0.25) is 11.8 Å². The highest BCUT2D eigenvalue weighted by Gasteiger charge is 2.10. The number of nitrogens with one attached hydrogen (secondary N) is 2. The number of nitrogens with zero attached hydrogens (tertiary/aromatic N) is 2. The maximum absolute atomic E-state index is 11.2. The van der Waals surface area contributed by atoms with E-state index >= 15 is 0 Å². The van der Waals surface area contributed by atoms with Crippen molar-refractivity contribution >= 4 is 11.9 Å². The van der Waals surface area contributed by atoms with Gasteiger partial charge in [-0.25, -0.2) is 0 Å². The highest BCUT2D eigenvalue weighted by atomic mass is 16.2. The molecule has 6 heteroatoms. The number of nitrogens with two attached hydrogens (primary N) is 1. The van der Waals surface area contributed by atoms with E-state index in [4.69, 9.17) is 5.73 Å². The van der Waals surface area contributed by atoms with Crippen LogP contribution in [-0.4, -0.2) is 27.1 Å². The molecule has 0 saturated heterocycles. The molecule has 1 amide bonds. The quantitative estimate of drug-likeness (QED) is 0.557. The van der Waals surface area contributed by atoms with Crippen LogP contribution in [0.3, 0.4) is 0 Å². The molecule has 6 nitrogen and oxygen atoms in total. The molecular weight excluding hydrogens is 158 g/mol. The molecule has 0 bridgehead atoms. The molecule has 0 aliphatic heterocycles. The molecule has 1 rings (SSSR count). The maximum Gasteiger partial charge on any atom is 0.288 e. The van der Waals surface area contributed by atoms with Gasteiger partial charge in [0.15, 0.2) is 0 Å². The minimum absolute atomic E-state index is 0.0730. The van der Waals surface area contributed by atoms with Gasteiger partial charge in [-0.2, -0.15) is 4.98 Å². The van der Waals surface area contributed by atoms with Gasteiger partial charge in [0, 0.05) is 6.04 Å². The van der Waals surface area contributed by atoms with Gasteiger partial charge < -0.3 is 11.1 Å². The van der Waals surface area contributed by atoms with Crippen molar-refractivity contribution in [2.24, 2.45) is 0 Å². The molecule has 0 fully saturated rings. The van der Waals surface area contributed by atoms with E-state index in [1.165, 1.54) is 0 Å². The second-order valence-corrected chi connectivity index (χ2v) is 2.67. The average molecular weight is 169 g/mol. The topological polar surface area (TPSA) is 96.7 Å². The Kier molecular flexibility index (Phi) is 2.27. The molecule has 1 aromatic rings. The van der Waals surface area contributed by atoms with Crippen LogP contribution < -0.4 is 11.1 Å². The predicted octanol–water partition coefficient (Wildman–Crippen LogP) is -0.475. The fourth-order valence-electron chi connectivity index (χ4n) is 0.707. The Morgan fingerprint density at radius 1 is 1.67 bits per heavy atom. The van der Waals surface area contributed by atoms with Crippen molar-refractivity contribution in [3.63, 3.8) is 0 Å². The smallest absolute Gasteiger partial charge is 0.288 e. The minimum atomic E-state index is -0.297. The zero-order chi connectivity index (χ0) is 9.14. The molecule has 1 aromatic heterocycles. The van der Waals surface area contributed by atoms with Gasteiger partial charge in [0.05, 0.1) is 0 Å². The molecule has 0 atom stereocenters. The first-order chi connectivity index (χ1) is 5.59. The van der Waals surface area contributed by atoms with Crippen LogP contribution in [0.1, 0.15) is 24.5 Å². The van der Waals surface area contributed by atoms with Gasteiger partial charge >= 0.3 is 0 Å². The van der Waals surface area contributed by atoms with Gasteiger partial charge in [-0.15, -0.1) is 5.10 Å². The van der Waals surface area contributed by atoms with Crippen LogP contribution in [-0.2, 0) is 0 Å². The van der Waals surface area contributed by atoms with Crippen molar-refractivity contribution < 1.29 is 4.79 Å². The number of hydrogen-bond acceptors (Lipinski definition) is 4. The van der Waals surface area contributed by atoms with Crippen molar-refractivity contribution in [2.45, 2.75) is 19.9 Å². The number of H-pyrrole nitrogens is 1. The second kappa shape index (κ2) is 3.21. The first-order valence-corrected chi connectivity index (χ1v) is 3.58. The molecular formula is C6H11N5O. The van der Waals surface area contributed by atoms with Crippen molar-refractivity contribution in [1.82, 2.24) is 20.5 Å². The number of anilines is 1. The van der Waals surface area contributed by atoms with Crippen molar-refractivity contribution in [2.75, 3.05) is 5.73 Å². The average Bonchev–Trinajstić information content (AvgIpc) is 2.34. The number of amides is 1. The summed E-state index contributed by atoms with van der Waals surface area (Å²) < 4.78 is 0. The molecule has 1 heterocycles. The summed E-state index contributed by atoms with van der Waals surface area (Å²) in [5.74, 6) is -0.0840. The van der Waals surface area contributed by atoms with Crippen LogP contribution in [0.15, 0.2) is 0 Å². The third kappa shape index (κ3) is 1.94. The number of aromatic amines is 1. The number of carbonyl (C=O) groups is 1. The van der Waals surface area contributed by atoms with E-state index in [1.807, 2.05) is 13.8 Å². The first kappa shape index (κ1) is 8.51. The first-order valence-electron chi connectivity index (χ1n) is 3.58. The van der Waals surface area contributed by atoms with Gasteiger partial charge in [-0.05, 0) is 13.8 Å². The lowest BCUT2D eigenvalue weighted by Gasteiger charge is -2.04. The highest BCUT2D eigenvalue weighted by molar-refractivity contribution is 5.90. The maximum atomic E-state index is 11.2. The van der Waals surface area contributed by atoms with Crippen LogP contribution in [0, 0.1) is 0 Å². The zero-order valence-electron chi connectivity index (χ0n) is 6.96. The summed E-state index contributed by atoms with van der Waals surface area (Å²) in [6.07, 6.45) is 0. The largest absolute Gasteiger partial charge is 0.366 e. The second-order valence-electron chi connectivity index (χ2n) is 2.67. The van der Waals surface area contributed by atoms with Gasteiger partial charge in [0.25, 0.3) is 5.91 Å². The van der Waals surface area contributed by atoms with Gasteiger partial charge in [0.1, 0.15) is 0 Å². The molecule has 0 aromatic carbocycles. The normalized spacial score (nSPS) is 10.2. The highest BCUT2D eigenvalue weighted by Crippen LogP contribution is 1.92. The molecule has 0 radical (unpaired) electrons. The van der Waals surface area contributed by atoms with E-state index in [9.17, 15) is 4.79 Å².